The predicted octanol–water partition coefficient (Wildman–Crippen LogP) is 4.19. The van der Waals surface area contributed by atoms with Crippen molar-refractivity contribution in [3.05, 3.63) is 64.7 Å². The third-order valence-corrected chi connectivity index (χ3v) is 2.89. The van der Waals surface area contributed by atoms with Gasteiger partial charge in [-0.2, -0.15) is 0 Å². The molecule has 0 radical (unpaired) electrons. The van der Waals surface area contributed by atoms with Crippen LogP contribution in [-0.2, 0) is 6.61 Å². The van der Waals surface area contributed by atoms with Crippen molar-refractivity contribution in [2.75, 3.05) is 0 Å². The molecule has 2 rings (SSSR count). The number of hydrogen-bond donors (Lipinski definition) is 0. The van der Waals surface area contributed by atoms with Gasteiger partial charge in [0.1, 0.15) is 12.4 Å². The molecule has 0 saturated carbocycles. The summed E-state index contributed by atoms with van der Waals surface area (Å²) in [4.78, 5) is 0. The van der Waals surface area contributed by atoms with Crippen molar-refractivity contribution in [3.63, 3.8) is 0 Å². The summed E-state index contributed by atoms with van der Waals surface area (Å²) < 4.78 is 5.81. The van der Waals surface area contributed by atoms with E-state index in [1.807, 2.05) is 12.1 Å². The Hall–Kier alpha value is -1.76. The minimum absolute atomic E-state index is 0.636. The largest absolute Gasteiger partial charge is 0.489 e. The average Bonchev–Trinajstić information content (AvgIpc) is 2.30. The monoisotopic (exact) mass is 226 g/mol. The van der Waals surface area contributed by atoms with Crippen molar-refractivity contribution in [1.82, 2.24) is 0 Å². The highest BCUT2D eigenvalue weighted by molar-refractivity contribution is 5.31. The summed E-state index contributed by atoms with van der Waals surface area (Å²) in [5, 5.41) is 0. The second kappa shape index (κ2) is 5.05. The molecule has 0 fully saturated rings. The van der Waals surface area contributed by atoms with Crippen molar-refractivity contribution in [2.24, 2.45) is 0 Å². The molecular weight excluding hydrogens is 208 g/mol. The van der Waals surface area contributed by atoms with Gasteiger partial charge in [0.05, 0.1) is 0 Å². The van der Waals surface area contributed by atoms with E-state index < -0.39 is 0 Å². The first-order valence-electron chi connectivity index (χ1n) is 5.91. The minimum Gasteiger partial charge on any atom is -0.489 e. The fourth-order valence-corrected chi connectivity index (χ4v) is 1.82. The Kier molecular flexibility index (Phi) is 3.48. The molecule has 0 bridgehead atoms. The van der Waals surface area contributed by atoms with Gasteiger partial charge < -0.3 is 4.74 Å². The average molecular weight is 226 g/mol. The van der Waals surface area contributed by atoms with Crippen LogP contribution < -0.4 is 4.74 Å². The maximum absolute atomic E-state index is 5.81. The summed E-state index contributed by atoms with van der Waals surface area (Å²) in [5.74, 6) is 0.936. The molecule has 88 valence electrons. The zero-order chi connectivity index (χ0) is 12.3. The van der Waals surface area contributed by atoms with Gasteiger partial charge in [-0.3, -0.25) is 0 Å². The van der Waals surface area contributed by atoms with Gasteiger partial charge in [-0.25, -0.2) is 0 Å². The van der Waals surface area contributed by atoms with Gasteiger partial charge >= 0.3 is 0 Å². The van der Waals surface area contributed by atoms with E-state index in [0.717, 1.165) is 5.75 Å². The van der Waals surface area contributed by atoms with E-state index in [-0.39, 0.29) is 0 Å². The molecule has 0 atom stereocenters. The highest BCUT2D eigenvalue weighted by Crippen LogP contribution is 2.17. The number of hydrogen-bond acceptors (Lipinski definition) is 1. The Balaban J connectivity index is 2.09. The van der Waals surface area contributed by atoms with Crippen molar-refractivity contribution < 1.29 is 4.74 Å². The lowest BCUT2D eigenvalue weighted by Gasteiger charge is -2.10. The van der Waals surface area contributed by atoms with Crippen LogP contribution in [0.5, 0.6) is 5.75 Å². The Morgan fingerprint density at radius 2 is 1.65 bits per heavy atom. The first-order valence-corrected chi connectivity index (χ1v) is 5.91. The molecule has 2 aromatic rings. The van der Waals surface area contributed by atoms with E-state index >= 15 is 0 Å². The number of ether oxygens (including phenoxy) is 1. The summed E-state index contributed by atoms with van der Waals surface area (Å²) >= 11 is 0. The predicted molar refractivity (Wildman–Crippen MR) is 71.4 cm³/mol. The van der Waals surface area contributed by atoms with E-state index in [2.05, 4.69) is 51.1 Å². The maximum atomic E-state index is 5.81. The van der Waals surface area contributed by atoms with E-state index in [4.69, 9.17) is 4.74 Å². The highest BCUT2D eigenvalue weighted by atomic mass is 16.5. The first-order chi connectivity index (χ1) is 8.15. The quantitative estimate of drug-likeness (QED) is 0.762. The standard InChI is InChI=1S/C16H18O/c1-12-5-4-6-16(10-12)17-11-15-9-13(2)7-8-14(15)3/h4-10H,11H2,1-3H3. The maximum Gasteiger partial charge on any atom is 0.120 e. The normalized spacial score (nSPS) is 10.3. The van der Waals surface area contributed by atoms with Gasteiger partial charge in [-0.15, -0.1) is 0 Å². The smallest absolute Gasteiger partial charge is 0.120 e. The second-order valence-electron chi connectivity index (χ2n) is 4.54. The topological polar surface area (TPSA) is 9.23 Å². The molecule has 0 heterocycles. The highest BCUT2D eigenvalue weighted by Gasteiger charge is 2.00. The van der Waals surface area contributed by atoms with Crippen molar-refractivity contribution in [1.29, 1.82) is 0 Å². The van der Waals surface area contributed by atoms with E-state index in [1.54, 1.807) is 0 Å². The summed E-state index contributed by atoms with van der Waals surface area (Å²) in [6, 6.07) is 14.6. The van der Waals surface area contributed by atoms with Gasteiger partial charge in [-0.05, 0) is 49.6 Å². The van der Waals surface area contributed by atoms with Crippen molar-refractivity contribution in [3.8, 4) is 5.75 Å². The summed E-state index contributed by atoms with van der Waals surface area (Å²) in [6.07, 6.45) is 0. The molecule has 0 aliphatic carbocycles. The van der Waals surface area contributed by atoms with Crippen LogP contribution in [0.3, 0.4) is 0 Å². The summed E-state index contributed by atoms with van der Waals surface area (Å²) in [7, 11) is 0. The minimum atomic E-state index is 0.636. The van der Waals surface area contributed by atoms with Crippen LogP contribution in [-0.4, -0.2) is 0 Å². The third-order valence-electron chi connectivity index (χ3n) is 2.89. The third kappa shape index (κ3) is 3.10. The molecule has 0 saturated heterocycles. The molecule has 1 heteroatoms. The van der Waals surface area contributed by atoms with Gasteiger partial charge in [0, 0.05) is 0 Å². The van der Waals surface area contributed by atoms with Crippen LogP contribution in [0.1, 0.15) is 22.3 Å². The van der Waals surface area contributed by atoms with Gasteiger partial charge in [0.15, 0.2) is 0 Å². The Bertz CT molecular complexity index is 515. The van der Waals surface area contributed by atoms with Crippen molar-refractivity contribution in [2.45, 2.75) is 27.4 Å². The fourth-order valence-electron chi connectivity index (χ4n) is 1.82. The van der Waals surface area contributed by atoms with Gasteiger partial charge in [-0.1, -0.05) is 35.9 Å². The zero-order valence-corrected chi connectivity index (χ0v) is 10.7. The molecule has 0 amide bonds. The Morgan fingerprint density at radius 3 is 2.41 bits per heavy atom. The zero-order valence-electron chi connectivity index (χ0n) is 10.7. The van der Waals surface area contributed by atoms with Gasteiger partial charge in [0.2, 0.25) is 0 Å². The first kappa shape index (κ1) is 11.7. The molecule has 2 aromatic carbocycles. The Morgan fingerprint density at radius 1 is 0.882 bits per heavy atom. The van der Waals surface area contributed by atoms with Crippen LogP contribution in [0.2, 0.25) is 0 Å². The second-order valence-corrected chi connectivity index (χ2v) is 4.54. The summed E-state index contributed by atoms with van der Waals surface area (Å²) in [5.41, 5.74) is 5.04. The summed E-state index contributed by atoms with van der Waals surface area (Å²) in [6.45, 7) is 6.94. The molecule has 0 unspecified atom stereocenters. The van der Waals surface area contributed by atoms with Crippen LogP contribution in [0, 0.1) is 20.8 Å². The molecule has 0 spiro atoms. The molecular formula is C16H18O. The van der Waals surface area contributed by atoms with Crippen molar-refractivity contribution >= 4 is 0 Å². The van der Waals surface area contributed by atoms with E-state index in [1.165, 1.54) is 22.3 Å². The lowest BCUT2D eigenvalue weighted by Crippen LogP contribution is -1.98. The van der Waals surface area contributed by atoms with Crippen LogP contribution in [0.25, 0.3) is 0 Å². The SMILES string of the molecule is Cc1cccc(OCc2cc(C)ccc2C)c1. The molecule has 1 nitrogen and oxygen atoms in total. The van der Waals surface area contributed by atoms with E-state index in [9.17, 15) is 0 Å². The lowest BCUT2D eigenvalue weighted by molar-refractivity contribution is 0.305. The molecule has 0 aliphatic rings. The molecule has 0 N–H and O–H groups in total. The lowest BCUT2D eigenvalue weighted by atomic mass is 10.1. The number of aryl methyl sites for hydroxylation is 3. The van der Waals surface area contributed by atoms with Gasteiger partial charge in [0.25, 0.3) is 0 Å². The molecule has 0 aliphatic heterocycles. The van der Waals surface area contributed by atoms with Crippen LogP contribution in [0.4, 0.5) is 0 Å². The van der Waals surface area contributed by atoms with E-state index in [0.29, 0.717) is 6.61 Å². The number of rotatable bonds is 3. The Labute approximate surface area is 103 Å². The fraction of sp³-hybridized carbons (Fsp3) is 0.250. The molecule has 17 heavy (non-hydrogen) atoms. The van der Waals surface area contributed by atoms with Crippen LogP contribution >= 0.6 is 0 Å². The molecule has 0 aromatic heterocycles. The van der Waals surface area contributed by atoms with Crippen LogP contribution in [0.15, 0.2) is 42.5 Å². The number of benzene rings is 2.